The summed E-state index contributed by atoms with van der Waals surface area (Å²) >= 11 is 0. The van der Waals surface area contributed by atoms with Crippen LogP contribution in [0.4, 0.5) is 0 Å². The summed E-state index contributed by atoms with van der Waals surface area (Å²) < 4.78 is 5.72. The lowest BCUT2D eigenvalue weighted by Crippen LogP contribution is -2.53. The average molecular weight is 274 g/mol. The lowest BCUT2D eigenvalue weighted by atomic mass is 10.1. The van der Waals surface area contributed by atoms with Gasteiger partial charge in [-0.05, 0) is 11.6 Å². The molecule has 1 saturated heterocycles. The second-order valence-electron chi connectivity index (χ2n) is 5.25. The van der Waals surface area contributed by atoms with E-state index >= 15 is 0 Å². The molecule has 2 amide bonds. The van der Waals surface area contributed by atoms with Crippen molar-refractivity contribution >= 4 is 11.8 Å². The number of carbonyl (C=O) groups is 2. The third-order valence-corrected chi connectivity index (χ3v) is 3.96. The van der Waals surface area contributed by atoms with Crippen LogP contribution in [0.1, 0.15) is 12.5 Å². The molecule has 2 aliphatic rings. The van der Waals surface area contributed by atoms with Crippen molar-refractivity contribution in [3.63, 3.8) is 0 Å². The molecule has 5 heteroatoms. The molecule has 1 aromatic carbocycles. The second kappa shape index (κ2) is 5.15. The zero-order valence-electron chi connectivity index (χ0n) is 11.5. The van der Waals surface area contributed by atoms with Gasteiger partial charge in [0.25, 0.3) is 5.91 Å². The van der Waals surface area contributed by atoms with E-state index in [9.17, 15) is 9.59 Å². The molecule has 1 aromatic rings. The molecule has 1 atom stereocenters. The van der Waals surface area contributed by atoms with E-state index in [-0.39, 0.29) is 11.8 Å². The van der Waals surface area contributed by atoms with Crippen molar-refractivity contribution in [1.29, 1.82) is 0 Å². The van der Waals surface area contributed by atoms with Crippen LogP contribution in [0.2, 0.25) is 0 Å². The van der Waals surface area contributed by atoms with Crippen LogP contribution in [0, 0.1) is 0 Å². The van der Waals surface area contributed by atoms with Gasteiger partial charge in [0.2, 0.25) is 5.91 Å². The number of amides is 2. The molecule has 1 unspecified atom stereocenters. The smallest absolute Gasteiger partial charge is 0.264 e. The molecule has 1 fully saturated rings. The largest absolute Gasteiger partial charge is 0.480 e. The Hall–Kier alpha value is -2.04. The SMILES string of the molecule is CC(=O)N1CCN(C(=O)C2Cc3ccccc3O2)CC1. The number of carbonyl (C=O) groups excluding carboxylic acids is 2. The average Bonchev–Trinajstić information content (AvgIpc) is 2.90. The minimum absolute atomic E-state index is 0.0319. The van der Waals surface area contributed by atoms with E-state index in [0.29, 0.717) is 32.6 Å². The summed E-state index contributed by atoms with van der Waals surface area (Å²) in [5, 5.41) is 0. The Morgan fingerprint density at radius 1 is 1.10 bits per heavy atom. The van der Waals surface area contributed by atoms with E-state index in [0.717, 1.165) is 11.3 Å². The zero-order chi connectivity index (χ0) is 14.1. The van der Waals surface area contributed by atoms with Gasteiger partial charge in [0, 0.05) is 39.5 Å². The molecule has 5 nitrogen and oxygen atoms in total. The first-order valence-corrected chi connectivity index (χ1v) is 6.94. The van der Waals surface area contributed by atoms with Gasteiger partial charge in [0.15, 0.2) is 6.10 Å². The molecule has 0 N–H and O–H groups in total. The third kappa shape index (κ3) is 2.35. The monoisotopic (exact) mass is 274 g/mol. The molecule has 0 aromatic heterocycles. The normalized spacial score (nSPS) is 21.4. The van der Waals surface area contributed by atoms with Crippen molar-refractivity contribution in [3.8, 4) is 5.75 Å². The quantitative estimate of drug-likeness (QED) is 0.756. The third-order valence-electron chi connectivity index (χ3n) is 3.96. The van der Waals surface area contributed by atoms with Crippen molar-refractivity contribution in [3.05, 3.63) is 29.8 Å². The molecule has 0 bridgehead atoms. The van der Waals surface area contributed by atoms with Crippen molar-refractivity contribution < 1.29 is 14.3 Å². The van der Waals surface area contributed by atoms with Crippen molar-refractivity contribution in [2.24, 2.45) is 0 Å². The molecular weight excluding hydrogens is 256 g/mol. The summed E-state index contributed by atoms with van der Waals surface area (Å²) in [6, 6.07) is 7.77. The summed E-state index contributed by atoms with van der Waals surface area (Å²) in [6.07, 6.45) is 0.235. The molecule has 2 aliphatic heterocycles. The molecule has 0 radical (unpaired) electrons. The minimum Gasteiger partial charge on any atom is -0.480 e. The van der Waals surface area contributed by atoms with Crippen LogP contribution in [0.5, 0.6) is 5.75 Å². The zero-order valence-corrected chi connectivity index (χ0v) is 11.5. The maximum atomic E-state index is 12.4. The van der Waals surface area contributed by atoms with Crippen molar-refractivity contribution in [2.75, 3.05) is 26.2 Å². The fraction of sp³-hybridized carbons (Fsp3) is 0.467. The Kier molecular flexibility index (Phi) is 3.34. The lowest BCUT2D eigenvalue weighted by Gasteiger charge is -2.35. The Balaban J connectivity index is 1.60. The second-order valence-corrected chi connectivity index (χ2v) is 5.25. The standard InChI is InChI=1S/C15H18N2O3/c1-11(18)16-6-8-17(9-7-16)15(19)14-10-12-4-2-3-5-13(12)20-14/h2-5,14H,6-10H2,1H3. The van der Waals surface area contributed by atoms with Crippen molar-refractivity contribution in [1.82, 2.24) is 9.80 Å². The lowest BCUT2D eigenvalue weighted by molar-refractivity contribution is -0.143. The number of benzene rings is 1. The Labute approximate surface area is 118 Å². The van der Waals surface area contributed by atoms with Gasteiger partial charge >= 0.3 is 0 Å². The number of rotatable bonds is 1. The van der Waals surface area contributed by atoms with Crippen LogP contribution in [-0.2, 0) is 16.0 Å². The summed E-state index contributed by atoms with van der Waals surface area (Å²) in [5.41, 5.74) is 1.09. The van der Waals surface area contributed by atoms with E-state index in [1.54, 1.807) is 16.7 Å². The van der Waals surface area contributed by atoms with E-state index in [4.69, 9.17) is 4.74 Å². The fourth-order valence-corrected chi connectivity index (χ4v) is 2.77. The van der Waals surface area contributed by atoms with Gasteiger partial charge in [0.1, 0.15) is 5.75 Å². The first kappa shape index (κ1) is 13.0. The summed E-state index contributed by atoms with van der Waals surface area (Å²) in [4.78, 5) is 27.3. The first-order valence-electron chi connectivity index (χ1n) is 6.94. The van der Waals surface area contributed by atoms with Gasteiger partial charge in [-0.15, -0.1) is 0 Å². The fourth-order valence-electron chi connectivity index (χ4n) is 2.77. The minimum atomic E-state index is -0.406. The van der Waals surface area contributed by atoms with Crippen LogP contribution in [-0.4, -0.2) is 53.9 Å². The molecule has 2 heterocycles. The Morgan fingerprint density at radius 3 is 2.40 bits per heavy atom. The van der Waals surface area contributed by atoms with Crippen LogP contribution in [0.25, 0.3) is 0 Å². The number of piperazine rings is 1. The van der Waals surface area contributed by atoms with Crippen LogP contribution in [0.3, 0.4) is 0 Å². The topological polar surface area (TPSA) is 49.9 Å². The number of fused-ring (bicyclic) bond motifs is 1. The predicted molar refractivity (Wildman–Crippen MR) is 73.4 cm³/mol. The molecular formula is C15H18N2O3. The highest BCUT2D eigenvalue weighted by Crippen LogP contribution is 2.29. The summed E-state index contributed by atoms with van der Waals surface area (Å²) in [6.45, 7) is 3.97. The first-order chi connectivity index (χ1) is 9.65. The maximum Gasteiger partial charge on any atom is 0.264 e. The molecule has 0 aliphatic carbocycles. The number of ether oxygens (including phenoxy) is 1. The maximum absolute atomic E-state index is 12.4. The number of hydrogen-bond donors (Lipinski definition) is 0. The van der Waals surface area contributed by atoms with Crippen LogP contribution in [0.15, 0.2) is 24.3 Å². The molecule has 0 spiro atoms. The highest BCUT2D eigenvalue weighted by Gasteiger charge is 2.33. The van der Waals surface area contributed by atoms with Gasteiger partial charge in [0.05, 0.1) is 0 Å². The van der Waals surface area contributed by atoms with Gasteiger partial charge < -0.3 is 14.5 Å². The number of hydrogen-bond acceptors (Lipinski definition) is 3. The van der Waals surface area contributed by atoms with E-state index in [1.807, 2.05) is 24.3 Å². The van der Waals surface area contributed by atoms with Crippen LogP contribution >= 0.6 is 0 Å². The molecule has 106 valence electrons. The molecule has 3 rings (SSSR count). The highest BCUT2D eigenvalue weighted by molar-refractivity contribution is 5.83. The molecule has 0 saturated carbocycles. The summed E-state index contributed by atoms with van der Waals surface area (Å²) in [5.74, 6) is 0.916. The highest BCUT2D eigenvalue weighted by atomic mass is 16.5. The van der Waals surface area contributed by atoms with Gasteiger partial charge in [-0.25, -0.2) is 0 Å². The van der Waals surface area contributed by atoms with Gasteiger partial charge in [-0.2, -0.15) is 0 Å². The van der Waals surface area contributed by atoms with E-state index in [1.165, 1.54) is 0 Å². The summed E-state index contributed by atoms with van der Waals surface area (Å²) in [7, 11) is 0. The Bertz CT molecular complexity index is 511. The Morgan fingerprint density at radius 2 is 1.75 bits per heavy atom. The predicted octanol–water partition coefficient (Wildman–Crippen LogP) is 0.681. The van der Waals surface area contributed by atoms with E-state index in [2.05, 4.69) is 0 Å². The number of nitrogens with zero attached hydrogens (tertiary/aromatic N) is 2. The van der Waals surface area contributed by atoms with Gasteiger partial charge in [-0.1, -0.05) is 18.2 Å². The van der Waals surface area contributed by atoms with E-state index < -0.39 is 6.10 Å². The van der Waals surface area contributed by atoms with Crippen LogP contribution < -0.4 is 4.74 Å². The van der Waals surface area contributed by atoms with Gasteiger partial charge in [-0.3, -0.25) is 9.59 Å². The van der Waals surface area contributed by atoms with Crippen molar-refractivity contribution in [2.45, 2.75) is 19.4 Å². The molecule has 20 heavy (non-hydrogen) atoms. The number of para-hydroxylation sites is 1.